The number of anilines is 2. The van der Waals surface area contributed by atoms with Gasteiger partial charge in [0.15, 0.2) is 5.82 Å². The average molecular weight is 272 g/mol. The Morgan fingerprint density at radius 3 is 2.65 bits per heavy atom. The topological polar surface area (TPSA) is 88.8 Å². The lowest BCUT2D eigenvalue weighted by molar-refractivity contribution is 0.580. The Hall–Kier alpha value is -2.94. The van der Waals surface area contributed by atoms with Crippen LogP contribution in [0.1, 0.15) is 16.7 Å². The highest BCUT2D eigenvalue weighted by molar-refractivity contribution is 5.83. The predicted molar refractivity (Wildman–Crippen MR) is 73.3 cm³/mol. The first kappa shape index (κ1) is 13.5. The SMILES string of the molecule is N=Cc1cc(C#Cc2c(F)ccc(N)c2F)cnc1N. The molecule has 100 valence electrons. The summed E-state index contributed by atoms with van der Waals surface area (Å²) < 4.78 is 27.1. The van der Waals surface area contributed by atoms with Crippen molar-refractivity contribution >= 4 is 17.7 Å². The summed E-state index contributed by atoms with van der Waals surface area (Å²) in [6.07, 6.45) is 2.38. The molecule has 6 heteroatoms. The molecule has 5 N–H and O–H groups in total. The van der Waals surface area contributed by atoms with Crippen molar-refractivity contribution in [2.75, 3.05) is 11.5 Å². The Bertz CT molecular complexity index is 745. The molecule has 1 heterocycles. The van der Waals surface area contributed by atoms with Crippen molar-refractivity contribution in [2.24, 2.45) is 0 Å². The van der Waals surface area contributed by atoms with Gasteiger partial charge in [0.05, 0.1) is 11.3 Å². The minimum atomic E-state index is -0.895. The smallest absolute Gasteiger partial charge is 0.164 e. The van der Waals surface area contributed by atoms with Gasteiger partial charge in [-0.2, -0.15) is 0 Å². The predicted octanol–water partition coefficient (Wildman–Crippen LogP) is 1.92. The first-order valence-electron chi connectivity index (χ1n) is 5.54. The van der Waals surface area contributed by atoms with E-state index in [-0.39, 0.29) is 11.5 Å². The summed E-state index contributed by atoms with van der Waals surface area (Å²) >= 11 is 0. The van der Waals surface area contributed by atoms with Crippen LogP contribution in [-0.2, 0) is 0 Å². The zero-order valence-electron chi connectivity index (χ0n) is 10.2. The van der Waals surface area contributed by atoms with E-state index in [2.05, 4.69) is 16.8 Å². The van der Waals surface area contributed by atoms with E-state index in [1.807, 2.05) is 0 Å². The molecule has 1 aromatic heterocycles. The molecule has 1 aromatic carbocycles. The van der Waals surface area contributed by atoms with Gasteiger partial charge in [0.2, 0.25) is 0 Å². The van der Waals surface area contributed by atoms with E-state index in [1.54, 1.807) is 0 Å². The standard InChI is InChI=1S/C14H10F2N4/c15-11-3-4-12(18)13(16)10(11)2-1-8-5-9(6-17)14(19)20-7-8/h3-7,17H,18H2,(H2,19,20). The number of hydrogen-bond acceptors (Lipinski definition) is 4. The Kier molecular flexibility index (Phi) is 3.62. The van der Waals surface area contributed by atoms with E-state index >= 15 is 0 Å². The summed E-state index contributed by atoms with van der Waals surface area (Å²) in [5.41, 5.74) is 11.1. The largest absolute Gasteiger partial charge is 0.396 e. The van der Waals surface area contributed by atoms with E-state index in [9.17, 15) is 8.78 Å². The Labute approximate surface area is 113 Å². The number of nitrogen functional groups attached to an aromatic ring is 2. The van der Waals surface area contributed by atoms with Crippen molar-refractivity contribution in [3.8, 4) is 11.8 Å². The summed E-state index contributed by atoms with van der Waals surface area (Å²) in [4.78, 5) is 3.84. The number of benzene rings is 1. The van der Waals surface area contributed by atoms with Crippen LogP contribution in [0, 0.1) is 28.9 Å². The van der Waals surface area contributed by atoms with Gasteiger partial charge in [-0.05, 0) is 18.2 Å². The van der Waals surface area contributed by atoms with Crippen LogP contribution in [0.15, 0.2) is 24.4 Å². The van der Waals surface area contributed by atoms with Crippen molar-refractivity contribution in [3.63, 3.8) is 0 Å². The molecule has 0 fully saturated rings. The molecule has 0 aliphatic rings. The van der Waals surface area contributed by atoms with Crippen LogP contribution >= 0.6 is 0 Å². The molecule has 0 amide bonds. The molecule has 0 bridgehead atoms. The van der Waals surface area contributed by atoms with Crippen LogP contribution in [0.2, 0.25) is 0 Å². The molecule has 0 saturated carbocycles. The molecule has 4 nitrogen and oxygen atoms in total. The van der Waals surface area contributed by atoms with Crippen LogP contribution in [-0.4, -0.2) is 11.2 Å². The molecule has 0 unspecified atom stereocenters. The van der Waals surface area contributed by atoms with E-state index in [0.717, 1.165) is 18.3 Å². The Morgan fingerprint density at radius 2 is 1.95 bits per heavy atom. The van der Waals surface area contributed by atoms with E-state index in [4.69, 9.17) is 16.9 Å². The van der Waals surface area contributed by atoms with Crippen LogP contribution < -0.4 is 11.5 Å². The highest BCUT2D eigenvalue weighted by atomic mass is 19.1. The summed E-state index contributed by atoms with van der Waals surface area (Å²) in [6.45, 7) is 0. The molecule has 0 aliphatic carbocycles. The van der Waals surface area contributed by atoms with E-state index in [0.29, 0.717) is 11.1 Å². The van der Waals surface area contributed by atoms with Crippen LogP contribution in [0.5, 0.6) is 0 Å². The van der Waals surface area contributed by atoms with Crippen molar-refractivity contribution in [1.29, 1.82) is 5.41 Å². The van der Waals surface area contributed by atoms with Crippen molar-refractivity contribution in [1.82, 2.24) is 4.98 Å². The maximum Gasteiger partial charge on any atom is 0.164 e. The zero-order valence-corrected chi connectivity index (χ0v) is 10.2. The monoisotopic (exact) mass is 272 g/mol. The fourth-order valence-electron chi connectivity index (χ4n) is 1.49. The molecular formula is C14H10F2N4. The molecule has 20 heavy (non-hydrogen) atoms. The van der Waals surface area contributed by atoms with E-state index < -0.39 is 17.2 Å². The fourth-order valence-corrected chi connectivity index (χ4v) is 1.49. The lowest BCUT2D eigenvalue weighted by Gasteiger charge is -2.00. The van der Waals surface area contributed by atoms with Crippen molar-refractivity contribution in [3.05, 3.63) is 52.7 Å². The summed E-state index contributed by atoms with van der Waals surface area (Å²) in [5.74, 6) is 3.44. The molecule has 0 atom stereocenters. The number of hydrogen-bond donors (Lipinski definition) is 3. The van der Waals surface area contributed by atoms with Gasteiger partial charge in [-0.25, -0.2) is 13.8 Å². The number of nitrogens with one attached hydrogen (secondary N) is 1. The summed E-state index contributed by atoms with van der Waals surface area (Å²) in [6, 6.07) is 3.69. The van der Waals surface area contributed by atoms with Crippen molar-refractivity contribution in [2.45, 2.75) is 0 Å². The van der Waals surface area contributed by atoms with Gasteiger partial charge >= 0.3 is 0 Å². The molecule has 0 radical (unpaired) electrons. The minimum Gasteiger partial charge on any atom is -0.396 e. The number of pyridine rings is 1. The maximum absolute atomic E-state index is 13.6. The fraction of sp³-hybridized carbons (Fsp3) is 0. The number of nitrogens with zero attached hydrogens (tertiary/aromatic N) is 1. The number of aromatic nitrogens is 1. The first-order valence-corrected chi connectivity index (χ1v) is 5.54. The summed E-state index contributed by atoms with van der Waals surface area (Å²) in [7, 11) is 0. The number of rotatable bonds is 1. The normalized spacial score (nSPS) is 9.70. The average Bonchev–Trinajstić information content (AvgIpc) is 2.44. The molecule has 0 spiro atoms. The number of nitrogens with two attached hydrogens (primary N) is 2. The second-order valence-electron chi connectivity index (χ2n) is 3.92. The quantitative estimate of drug-likeness (QED) is 0.421. The third-order valence-corrected chi connectivity index (χ3v) is 2.56. The third kappa shape index (κ3) is 2.57. The zero-order chi connectivity index (χ0) is 14.7. The van der Waals surface area contributed by atoms with Gasteiger partial charge < -0.3 is 16.9 Å². The van der Waals surface area contributed by atoms with Crippen LogP contribution in [0.25, 0.3) is 0 Å². The molecular weight excluding hydrogens is 262 g/mol. The Morgan fingerprint density at radius 1 is 1.20 bits per heavy atom. The van der Waals surface area contributed by atoms with Gasteiger partial charge in [0.25, 0.3) is 0 Å². The van der Waals surface area contributed by atoms with E-state index in [1.165, 1.54) is 12.3 Å². The van der Waals surface area contributed by atoms with Gasteiger partial charge in [-0.15, -0.1) is 0 Å². The van der Waals surface area contributed by atoms with Gasteiger partial charge in [-0.1, -0.05) is 11.8 Å². The van der Waals surface area contributed by atoms with Gasteiger partial charge in [-0.3, -0.25) is 0 Å². The number of halogens is 2. The second kappa shape index (κ2) is 5.36. The van der Waals surface area contributed by atoms with Gasteiger partial charge in [0, 0.05) is 23.5 Å². The first-order chi connectivity index (χ1) is 9.52. The highest BCUT2D eigenvalue weighted by Crippen LogP contribution is 2.17. The third-order valence-electron chi connectivity index (χ3n) is 2.56. The molecule has 2 aromatic rings. The van der Waals surface area contributed by atoms with Crippen LogP contribution in [0.4, 0.5) is 20.3 Å². The lowest BCUT2D eigenvalue weighted by atomic mass is 10.1. The minimum absolute atomic E-state index is 0.175. The summed E-state index contributed by atoms with van der Waals surface area (Å²) in [5, 5.41) is 7.14. The molecule has 0 aliphatic heterocycles. The van der Waals surface area contributed by atoms with Gasteiger partial charge in [0.1, 0.15) is 11.6 Å². The highest BCUT2D eigenvalue weighted by Gasteiger charge is 2.09. The second-order valence-corrected chi connectivity index (χ2v) is 3.92. The lowest BCUT2D eigenvalue weighted by Crippen LogP contribution is -1.98. The van der Waals surface area contributed by atoms with Crippen LogP contribution in [0.3, 0.4) is 0 Å². The molecule has 0 saturated heterocycles. The maximum atomic E-state index is 13.6. The molecule has 2 rings (SSSR count). The Balaban J connectivity index is 2.46. The van der Waals surface area contributed by atoms with Crippen molar-refractivity contribution < 1.29 is 8.78 Å².